The number of nitrogens with zero attached hydrogens (tertiary/aromatic N) is 1. The number of nitrogens with two attached hydrogens (primary N) is 4. The molecule has 0 radical (unpaired) electrons. The molecule has 26 heteroatoms. The topological polar surface area (TPSA) is 408 Å². The summed E-state index contributed by atoms with van der Waals surface area (Å²) in [6, 6.07) is 7.06. The number of carbonyl (C=O) groups excluding carboxylic acids is 12. The zero-order valence-electron chi connectivity index (χ0n) is 46.1. The molecule has 1 heterocycles. The third-order valence-corrected chi connectivity index (χ3v) is 13.6. The average Bonchev–Trinajstić information content (AvgIpc) is 3.91. The largest absolute Gasteiger partial charge is 0.370 e. The number of thioether (sulfide) groups is 1. The normalized spacial score (nSPS) is 15.5. The Morgan fingerprint density at radius 1 is 0.588 bits per heavy atom. The highest BCUT2D eigenvalue weighted by Crippen LogP contribution is 2.21. The van der Waals surface area contributed by atoms with Gasteiger partial charge in [0.25, 0.3) is 0 Å². The summed E-state index contributed by atoms with van der Waals surface area (Å²) >= 11 is 1.46. The van der Waals surface area contributed by atoms with Gasteiger partial charge in [-0.15, -0.1) is 0 Å². The molecule has 12 amide bonds. The summed E-state index contributed by atoms with van der Waals surface area (Å²) in [4.78, 5) is 161. The second-order valence-electron chi connectivity index (χ2n) is 20.1. The molecule has 1 aliphatic heterocycles. The van der Waals surface area contributed by atoms with Crippen LogP contribution in [0.2, 0.25) is 0 Å². The number of amides is 12. The first-order valence-corrected chi connectivity index (χ1v) is 28.2. The second-order valence-corrected chi connectivity index (χ2v) is 21.1. The van der Waals surface area contributed by atoms with Gasteiger partial charge in [0.2, 0.25) is 70.9 Å². The number of rotatable bonds is 36. The molecule has 0 saturated carbocycles. The summed E-state index contributed by atoms with van der Waals surface area (Å²) in [5.41, 5.74) is 23.3. The van der Waals surface area contributed by atoms with Gasteiger partial charge in [-0.1, -0.05) is 74.5 Å². The van der Waals surface area contributed by atoms with E-state index in [-0.39, 0.29) is 57.4 Å². The van der Waals surface area contributed by atoms with E-state index in [2.05, 4.69) is 42.5 Å². The molecule has 0 unspecified atom stereocenters. The highest BCUT2D eigenvalue weighted by Gasteiger charge is 2.40. The van der Waals surface area contributed by atoms with E-state index < -0.39 is 145 Å². The van der Waals surface area contributed by atoms with Gasteiger partial charge in [-0.05, 0) is 93.4 Å². The second kappa shape index (κ2) is 35.1. The smallest absolute Gasteiger partial charge is 0.245 e. The molecule has 25 nitrogen and oxygen atoms in total. The predicted octanol–water partition coefficient (Wildman–Crippen LogP) is -2.06. The average molecular weight is 1140 g/mol. The summed E-state index contributed by atoms with van der Waals surface area (Å²) in [5, 5.41) is 20.9. The quantitative estimate of drug-likeness (QED) is 0.0327. The first-order valence-electron chi connectivity index (χ1n) is 26.8. The zero-order valence-corrected chi connectivity index (χ0v) is 46.9. The van der Waals surface area contributed by atoms with Gasteiger partial charge in [0, 0.05) is 39.2 Å². The number of primary amides is 3. The molecular formula is C54H81N13O12S. The maximum absolute atomic E-state index is 14.5. The first kappa shape index (κ1) is 66.7. The van der Waals surface area contributed by atoms with Crippen molar-refractivity contribution in [1.29, 1.82) is 0 Å². The number of likely N-dealkylation sites (tertiary alicyclic amines) is 1. The van der Waals surface area contributed by atoms with Crippen molar-refractivity contribution >= 4 is 82.6 Å². The third-order valence-electron chi connectivity index (χ3n) is 13.0. The molecule has 0 aromatic heterocycles. The van der Waals surface area contributed by atoms with Crippen molar-refractivity contribution in [3.05, 3.63) is 71.8 Å². The van der Waals surface area contributed by atoms with Crippen molar-refractivity contribution in [1.82, 2.24) is 47.4 Å². The lowest BCUT2D eigenvalue weighted by Crippen LogP contribution is -2.60. The molecule has 440 valence electrons. The van der Waals surface area contributed by atoms with Crippen LogP contribution in [0.5, 0.6) is 0 Å². The standard InChI is InChI=1S/C54H81N13O12S/c1-32(2)28-40(51(76)62-36(47(58)72)24-27-80-4)61-46(71)31-59-48(73)41(29-34-14-7-5-8-15-34)65-52(77)42(30-35-16-9-6-10-17-35)66-50(75)37(20-22-44(56)69)63-49(74)38(21-23-45(57)70)64-53(78)43-19-13-26-67(43)54(79)39(60-33(3)68)18-11-12-25-55/h5-10,14-17,32,36-43H,11-13,18-31,55H2,1-4H3,(H2,56,69)(H2,57,70)(H2,58,72)(H,59,73)(H,60,68)(H,61,71)(H,62,76)(H,63,74)(H,64,78)(H,65,77)(H,66,75)/t36-,37-,38-,39-,40-,41-,42-,43-/m0/s1. The van der Waals surface area contributed by atoms with Crippen molar-refractivity contribution in [2.24, 2.45) is 28.9 Å². The first-order chi connectivity index (χ1) is 38.0. The molecular weight excluding hydrogens is 1050 g/mol. The maximum atomic E-state index is 14.5. The molecule has 80 heavy (non-hydrogen) atoms. The molecule has 1 fully saturated rings. The van der Waals surface area contributed by atoms with Crippen molar-refractivity contribution < 1.29 is 57.5 Å². The third kappa shape index (κ3) is 24.2. The minimum absolute atomic E-state index is 0.0799. The Morgan fingerprint density at radius 2 is 1.09 bits per heavy atom. The van der Waals surface area contributed by atoms with Crippen LogP contribution in [0.15, 0.2) is 60.7 Å². The van der Waals surface area contributed by atoms with E-state index in [0.717, 1.165) is 0 Å². The lowest BCUT2D eigenvalue weighted by Gasteiger charge is -2.30. The number of carbonyl (C=O) groups is 12. The van der Waals surface area contributed by atoms with Gasteiger partial charge in [0.05, 0.1) is 6.54 Å². The summed E-state index contributed by atoms with van der Waals surface area (Å²) in [6.45, 7) is 4.84. The van der Waals surface area contributed by atoms with E-state index in [1.165, 1.54) is 23.6 Å². The van der Waals surface area contributed by atoms with Crippen LogP contribution < -0.4 is 65.5 Å². The van der Waals surface area contributed by atoms with Gasteiger partial charge in [-0.3, -0.25) is 57.5 Å². The fourth-order valence-electron chi connectivity index (χ4n) is 8.85. The van der Waals surface area contributed by atoms with Gasteiger partial charge in [-0.25, -0.2) is 0 Å². The number of hydrogen-bond acceptors (Lipinski definition) is 14. The van der Waals surface area contributed by atoms with E-state index >= 15 is 0 Å². The van der Waals surface area contributed by atoms with Crippen LogP contribution in [0.1, 0.15) is 103 Å². The fraction of sp³-hybridized carbons (Fsp3) is 0.556. The van der Waals surface area contributed by atoms with E-state index in [1.54, 1.807) is 60.7 Å². The van der Waals surface area contributed by atoms with Gasteiger partial charge in [0.15, 0.2) is 0 Å². The summed E-state index contributed by atoms with van der Waals surface area (Å²) in [7, 11) is 0. The minimum atomic E-state index is -1.59. The lowest BCUT2D eigenvalue weighted by molar-refractivity contribution is -0.142. The monoisotopic (exact) mass is 1140 g/mol. The Labute approximate surface area is 470 Å². The number of nitrogens with one attached hydrogen (secondary N) is 8. The molecule has 0 bridgehead atoms. The van der Waals surface area contributed by atoms with Crippen molar-refractivity contribution in [3.63, 3.8) is 0 Å². The lowest BCUT2D eigenvalue weighted by atomic mass is 10.0. The van der Waals surface area contributed by atoms with Crippen LogP contribution in [-0.2, 0) is 70.4 Å². The molecule has 1 saturated heterocycles. The minimum Gasteiger partial charge on any atom is -0.370 e. The summed E-state index contributed by atoms with van der Waals surface area (Å²) in [5.74, 6) is -8.70. The Morgan fingerprint density at radius 3 is 1.59 bits per heavy atom. The Balaban J connectivity index is 1.90. The molecule has 2 aromatic carbocycles. The number of unbranched alkanes of at least 4 members (excludes halogenated alkanes) is 1. The maximum Gasteiger partial charge on any atom is 0.245 e. The van der Waals surface area contributed by atoms with Gasteiger partial charge >= 0.3 is 0 Å². The SMILES string of the molecule is CSCC[C@H](NC(=O)[C@H](CC(C)C)NC(=O)CNC(=O)[C@H](Cc1ccccc1)NC(=O)[C@H](Cc1ccccc1)NC(=O)[C@H](CCC(N)=O)NC(=O)[C@H](CCC(N)=O)NC(=O)[C@@H]1CCCN1C(=O)[C@H](CCCCN)NC(C)=O)C(N)=O. The van der Waals surface area contributed by atoms with Gasteiger partial charge in [0.1, 0.15) is 48.3 Å². The van der Waals surface area contributed by atoms with Crippen LogP contribution in [0, 0.1) is 5.92 Å². The molecule has 8 atom stereocenters. The van der Waals surface area contributed by atoms with Crippen molar-refractivity contribution in [3.8, 4) is 0 Å². The number of hydrogen-bond donors (Lipinski definition) is 12. The highest BCUT2D eigenvalue weighted by atomic mass is 32.2. The molecule has 3 rings (SSSR count). The van der Waals surface area contributed by atoms with Gasteiger partial charge < -0.3 is 70.4 Å². The molecule has 2 aromatic rings. The molecule has 0 spiro atoms. The van der Waals surface area contributed by atoms with Crippen molar-refractivity contribution in [2.45, 2.75) is 153 Å². The molecule has 1 aliphatic rings. The molecule has 16 N–H and O–H groups in total. The van der Waals surface area contributed by atoms with E-state index in [0.29, 0.717) is 42.7 Å². The summed E-state index contributed by atoms with van der Waals surface area (Å²) in [6.07, 6.45) is 2.46. The Hall–Kier alpha value is -7.61. The van der Waals surface area contributed by atoms with Crippen LogP contribution in [0.4, 0.5) is 0 Å². The van der Waals surface area contributed by atoms with Crippen LogP contribution in [0.25, 0.3) is 0 Å². The highest BCUT2D eigenvalue weighted by molar-refractivity contribution is 7.98. The Kier molecular flexibility index (Phi) is 29.2. The number of benzene rings is 2. The van der Waals surface area contributed by atoms with Crippen LogP contribution in [0.3, 0.4) is 0 Å². The Bertz CT molecular complexity index is 2440. The predicted molar refractivity (Wildman–Crippen MR) is 299 cm³/mol. The fourth-order valence-corrected chi connectivity index (χ4v) is 9.32. The van der Waals surface area contributed by atoms with Crippen molar-refractivity contribution in [2.75, 3.05) is 31.6 Å². The van der Waals surface area contributed by atoms with Crippen LogP contribution in [-0.4, -0.2) is 156 Å². The van der Waals surface area contributed by atoms with Gasteiger partial charge in [-0.2, -0.15) is 11.8 Å². The van der Waals surface area contributed by atoms with E-state index in [9.17, 15) is 57.5 Å². The van der Waals surface area contributed by atoms with E-state index in [4.69, 9.17) is 22.9 Å². The van der Waals surface area contributed by atoms with E-state index in [1.807, 2.05) is 20.1 Å². The zero-order chi connectivity index (χ0) is 59.3. The molecule has 0 aliphatic carbocycles. The summed E-state index contributed by atoms with van der Waals surface area (Å²) < 4.78 is 0. The van der Waals surface area contributed by atoms with Crippen LogP contribution >= 0.6 is 11.8 Å².